The highest BCUT2D eigenvalue weighted by atomic mass is 19.4. The lowest BCUT2D eigenvalue weighted by molar-refractivity contribution is -0.362. The van der Waals surface area contributed by atoms with Crippen LogP contribution in [0.5, 0.6) is 0 Å². The lowest BCUT2D eigenvalue weighted by atomic mass is 9.48. The third-order valence-corrected chi connectivity index (χ3v) is 36.7. The van der Waals surface area contributed by atoms with Crippen LogP contribution in [0.4, 0.5) is 87.8 Å². The molecular formula is C102H132F20O27. The SMILES string of the molecule is CC(F)(F)C(=O)OCC(=O)OC1(C)C2CC3CC(C2)CC1C3.CCC1(OC(=O)C2C3CC4C2C(=O)OC4(OC(=O)C(C)(F)F)C3)C2CC3CC(C2)CC1C3.CCC1(OC(=O)C2C3CC4C2C(=O)OC4(OC(=O)C(C)(F)F)C3)CCCCC1.CCOC(=O)C(OCCC(F)(F)C(C)(F)F)(OC(=O)C12CC3CC(CC(C3)C1)C2)C(F)(F)F.CCOC(=O)C(OCCC(F)(F)C(C)(F)F)(OC(=O)C12CC3CC(CC(O)(C3)C1)C2)C(F)(F)F. The van der Waals surface area contributed by atoms with E-state index in [0.29, 0.717) is 95.8 Å². The quantitative estimate of drug-likeness (QED) is 0.0283. The standard InChI is InChI=1S/C24H30F2O6.C21H27F7O6.C21H27F7O5.C20H26F2O6.C16H22F2O4/c1-3-23(14-5-11-4-12(7-14)8-15(23)6-11)30-19(27)17-13-9-16-18(17)20(28)31-24(16,10-13)32-21(29)22(2,25)26;1-3-32-15(30)20(21(26,27)28,33-5-4-19(24,25)16(2,22)23)34-14(29)17-7-12-6-13(8-17)10-18(31,9-12)11-17;1-3-31-16(30)20(21(26,27)28,32-5-4-19(24,25)17(2,22)23)33-15(29)18-9-12-6-13(10-18)8-14(7-12)11-18;1-3-19(7-5-4-6-8-19)26-15(23)13-11-9-12-14(13)16(24)27-20(12,10-11)28-17(25)18(2,21)22;1-15(22-13(19)8-21-14(20)16(2,17)18)11-4-9-3-10(6-11)7-12(15)5-9/h11-18H,3-10H2,1-2H3;12-13,31H,3-11H2,1-2H3;12-14H,3-11H2,1-2H3;11-14H,3-10H2,1-2H3;9-12H,3-8H2,1-2H3. The van der Waals surface area contributed by atoms with E-state index in [1.165, 1.54) is 19.8 Å². The zero-order valence-corrected chi connectivity index (χ0v) is 84.5. The average molecular weight is 2170 g/mol. The number of aliphatic hydroxyl groups is 1. The van der Waals surface area contributed by atoms with Crippen molar-refractivity contribution in [3.05, 3.63) is 0 Å². The zero-order chi connectivity index (χ0) is 110. The smallest absolute Gasteiger partial charge is 0.461 e. The van der Waals surface area contributed by atoms with Gasteiger partial charge in [0.05, 0.1) is 78.4 Å². The first-order chi connectivity index (χ1) is 68.8. The maximum Gasteiger partial charge on any atom is 0.468 e. The molecule has 23 rings (SSSR count). The lowest BCUT2D eigenvalue weighted by Crippen LogP contribution is -2.63. The number of esters is 12. The van der Waals surface area contributed by atoms with Gasteiger partial charge < -0.3 is 71.4 Å². The first kappa shape index (κ1) is 115. The Morgan fingerprint density at radius 1 is 0.383 bits per heavy atom. The third kappa shape index (κ3) is 21.9. The molecule has 0 amide bonds. The molecule has 27 nitrogen and oxygen atoms in total. The average Bonchev–Trinajstić information content (AvgIpc) is 1.45. The molecule has 1 N–H and O–H groups in total. The molecule has 2 saturated heterocycles. The summed E-state index contributed by atoms with van der Waals surface area (Å²) in [6.45, 7) is 4.29. The maximum absolute atomic E-state index is 14.1. The molecule has 2 aliphatic heterocycles. The summed E-state index contributed by atoms with van der Waals surface area (Å²) in [5.74, 6) is -56.6. The fourth-order valence-electron chi connectivity index (χ4n) is 30.9. The van der Waals surface area contributed by atoms with Crippen LogP contribution in [0.1, 0.15) is 294 Å². The second-order valence-corrected chi connectivity index (χ2v) is 47.2. The lowest BCUT2D eigenvalue weighted by Gasteiger charge is -2.60. The van der Waals surface area contributed by atoms with Gasteiger partial charge in [0.15, 0.2) is 6.61 Å². The van der Waals surface area contributed by atoms with Crippen molar-refractivity contribution in [2.75, 3.05) is 33.0 Å². The van der Waals surface area contributed by atoms with E-state index in [9.17, 15) is 150 Å². The molecule has 0 spiro atoms. The number of ether oxygens (including phenoxy) is 14. The molecule has 14 atom stereocenters. The van der Waals surface area contributed by atoms with Crippen molar-refractivity contribution in [2.45, 2.75) is 393 Å². The van der Waals surface area contributed by atoms with E-state index in [4.69, 9.17) is 37.9 Å². The number of halogens is 20. The topological polar surface area (TPSA) is 354 Å². The highest BCUT2D eigenvalue weighted by Gasteiger charge is 2.79. The van der Waals surface area contributed by atoms with Crippen molar-refractivity contribution in [1.82, 2.24) is 0 Å². The number of hydrogen-bond donors (Lipinski definition) is 1. The van der Waals surface area contributed by atoms with Gasteiger partial charge >= 0.3 is 137 Å². The molecule has 23 aliphatic rings. The van der Waals surface area contributed by atoms with Crippen LogP contribution in [0.3, 0.4) is 0 Å². The van der Waals surface area contributed by atoms with Gasteiger partial charge in [0.2, 0.25) is 0 Å². The first-order valence-electron chi connectivity index (χ1n) is 52.2. The van der Waals surface area contributed by atoms with Gasteiger partial charge in [0.1, 0.15) is 16.8 Å². The Labute approximate surface area is 846 Å². The molecule has 842 valence electrons. The van der Waals surface area contributed by atoms with E-state index in [2.05, 4.69) is 35.3 Å². The molecule has 0 aromatic carbocycles. The first-order valence-corrected chi connectivity index (χ1v) is 52.2. The Morgan fingerprint density at radius 2 is 0.738 bits per heavy atom. The summed E-state index contributed by atoms with van der Waals surface area (Å²) in [7, 11) is 0. The molecule has 0 aromatic heterocycles. The number of carbonyl (C=O) groups excluding carboxylic acids is 12. The van der Waals surface area contributed by atoms with Crippen LogP contribution in [0.15, 0.2) is 0 Å². The summed E-state index contributed by atoms with van der Waals surface area (Å²) in [6, 6.07) is 0. The van der Waals surface area contributed by atoms with Crippen LogP contribution < -0.4 is 0 Å². The molecule has 0 aromatic rings. The van der Waals surface area contributed by atoms with Crippen molar-refractivity contribution >= 4 is 71.6 Å². The Bertz CT molecular complexity index is 4920. The van der Waals surface area contributed by atoms with E-state index >= 15 is 0 Å². The molecule has 14 unspecified atom stereocenters. The van der Waals surface area contributed by atoms with E-state index < -0.39 is 257 Å². The largest absolute Gasteiger partial charge is 0.468 e. The van der Waals surface area contributed by atoms with Crippen LogP contribution in [-0.2, 0) is 124 Å². The van der Waals surface area contributed by atoms with Crippen LogP contribution in [0, 0.1) is 135 Å². The van der Waals surface area contributed by atoms with Crippen LogP contribution >= 0.6 is 0 Å². The third-order valence-electron chi connectivity index (χ3n) is 36.7. The number of rotatable bonds is 32. The minimum absolute atomic E-state index is 0.0701. The van der Waals surface area contributed by atoms with E-state index in [-0.39, 0.29) is 93.3 Å². The second kappa shape index (κ2) is 40.4. The molecule has 2 heterocycles. The predicted octanol–water partition coefficient (Wildman–Crippen LogP) is 19.8. The van der Waals surface area contributed by atoms with Gasteiger partial charge in [0.25, 0.3) is 11.6 Å². The molecule has 20 bridgehead atoms. The van der Waals surface area contributed by atoms with E-state index in [0.717, 1.165) is 146 Å². The van der Waals surface area contributed by atoms with Gasteiger partial charge in [-0.1, -0.05) is 20.3 Å². The Kier molecular flexibility index (Phi) is 31.2. The fourth-order valence-corrected chi connectivity index (χ4v) is 30.9. The van der Waals surface area contributed by atoms with Gasteiger partial charge in [-0.2, -0.15) is 70.2 Å². The molecule has 149 heavy (non-hydrogen) atoms. The minimum atomic E-state index is -5.78. The van der Waals surface area contributed by atoms with E-state index in [1.807, 2.05) is 13.8 Å². The monoisotopic (exact) mass is 2170 g/mol. The van der Waals surface area contributed by atoms with Crippen LogP contribution in [-0.4, -0.2) is 209 Å². The normalized spacial score (nSPS) is 38.2. The van der Waals surface area contributed by atoms with Crippen molar-refractivity contribution in [2.24, 2.45) is 135 Å². The Balaban J connectivity index is 0.000000140. The summed E-state index contributed by atoms with van der Waals surface area (Å²) >= 11 is 0. The number of carbonyl (C=O) groups is 12. The Morgan fingerprint density at radius 3 is 1.09 bits per heavy atom. The van der Waals surface area contributed by atoms with Gasteiger partial charge in [-0.05, 0) is 302 Å². The predicted molar refractivity (Wildman–Crippen MR) is 467 cm³/mol. The molecule has 0 radical (unpaired) electrons. The highest BCUT2D eigenvalue weighted by molar-refractivity contribution is 5.90. The second-order valence-electron chi connectivity index (χ2n) is 47.2. The fraction of sp³-hybridized carbons (Fsp3) is 0.882. The molecule has 23 fully saturated rings. The summed E-state index contributed by atoms with van der Waals surface area (Å²) in [4.78, 5) is 149. The van der Waals surface area contributed by atoms with Crippen molar-refractivity contribution in [1.29, 1.82) is 0 Å². The van der Waals surface area contributed by atoms with Gasteiger partial charge in [-0.15, -0.1) is 0 Å². The summed E-state index contributed by atoms with van der Waals surface area (Å²) in [5, 5.41) is 10.8. The summed E-state index contributed by atoms with van der Waals surface area (Å²) in [5.41, 5.74) is -5.49. The Hall–Kier alpha value is -7.88. The number of fused-ring (bicyclic) bond motifs is 2. The van der Waals surface area contributed by atoms with Gasteiger partial charge in [-0.3, -0.25) is 28.8 Å². The van der Waals surface area contributed by atoms with Crippen molar-refractivity contribution < 1.29 is 217 Å². The molecular weight excluding hydrogens is 2040 g/mol. The highest BCUT2D eigenvalue weighted by Crippen LogP contribution is 2.70. The van der Waals surface area contributed by atoms with Crippen molar-refractivity contribution in [3.8, 4) is 0 Å². The summed E-state index contributed by atoms with van der Waals surface area (Å²) in [6.07, 6.45) is 8.45. The molecule has 21 saturated carbocycles. The molecule has 47 heteroatoms. The van der Waals surface area contributed by atoms with E-state index in [1.54, 1.807) is 0 Å². The van der Waals surface area contributed by atoms with Gasteiger partial charge in [0, 0.05) is 60.3 Å². The minimum Gasteiger partial charge on any atom is -0.461 e. The maximum atomic E-state index is 14.1. The zero-order valence-electron chi connectivity index (χ0n) is 84.5. The molecule has 21 aliphatic carbocycles. The van der Waals surface area contributed by atoms with Gasteiger partial charge in [-0.25, -0.2) is 46.3 Å². The van der Waals surface area contributed by atoms with Crippen LogP contribution in [0.25, 0.3) is 0 Å². The number of alkyl halides is 20. The summed E-state index contributed by atoms with van der Waals surface area (Å²) < 4.78 is 340. The number of hydrogen-bond acceptors (Lipinski definition) is 27. The van der Waals surface area contributed by atoms with Crippen LogP contribution in [0.2, 0.25) is 0 Å². The van der Waals surface area contributed by atoms with Crippen molar-refractivity contribution in [3.63, 3.8) is 0 Å².